The number of fused-ring (bicyclic) bond motifs is 1. The summed E-state index contributed by atoms with van der Waals surface area (Å²) < 4.78 is 0. The third kappa shape index (κ3) is 4.03. The van der Waals surface area contributed by atoms with Gasteiger partial charge < -0.3 is 15.5 Å². The molecule has 0 radical (unpaired) electrons. The molecule has 2 aromatic carbocycles. The first-order chi connectivity index (χ1) is 14.4. The highest BCUT2D eigenvalue weighted by Gasteiger charge is 2.39. The van der Waals surface area contributed by atoms with E-state index in [1.165, 1.54) is 4.90 Å². The van der Waals surface area contributed by atoms with Gasteiger partial charge in [0.25, 0.3) is 5.91 Å². The lowest BCUT2D eigenvalue weighted by Crippen LogP contribution is -2.52. The zero-order valence-corrected chi connectivity index (χ0v) is 16.5. The van der Waals surface area contributed by atoms with E-state index in [2.05, 4.69) is 16.0 Å². The Balaban J connectivity index is 1.39. The maximum atomic E-state index is 12.7. The highest BCUT2D eigenvalue weighted by atomic mass is 16.2. The van der Waals surface area contributed by atoms with Crippen molar-refractivity contribution in [2.45, 2.75) is 38.9 Å². The SMILES string of the molecule is Cc1cccc(CNC(=O)Nc2ccc3c(c2)CN(C2CCC(=O)NC2=O)C3=O)c1. The van der Waals surface area contributed by atoms with Gasteiger partial charge in [0.15, 0.2) is 0 Å². The molecule has 2 heterocycles. The molecule has 2 aromatic rings. The summed E-state index contributed by atoms with van der Waals surface area (Å²) in [6.07, 6.45) is 0.529. The van der Waals surface area contributed by atoms with Crippen LogP contribution in [0.5, 0.6) is 0 Å². The van der Waals surface area contributed by atoms with Gasteiger partial charge in [-0.3, -0.25) is 19.7 Å². The normalized spacial score (nSPS) is 18.1. The van der Waals surface area contributed by atoms with Crippen LogP contribution in [0.25, 0.3) is 0 Å². The summed E-state index contributed by atoms with van der Waals surface area (Å²) in [6, 6.07) is 11.9. The molecule has 3 N–H and O–H groups in total. The molecule has 30 heavy (non-hydrogen) atoms. The van der Waals surface area contributed by atoms with E-state index < -0.39 is 11.9 Å². The Hall–Kier alpha value is -3.68. The Labute approximate surface area is 173 Å². The number of aryl methyl sites for hydroxylation is 1. The van der Waals surface area contributed by atoms with Crippen LogP contribution in [0.15, 0.2) is 42.5 Å². The molecule has 0 spiro atoms. The molecule has 5 amide bonds. The molecule has 0 aliphatic carbocycles. The highest BCUT2D eigenvalue weighted by Crippen LogP contribution is 2.29. The van der Waals surface area contributed by atoms with E-state index in [0.717, 1.165) is 16.7 Å². The van der Waals surface area contributed by atoms with Crippen LogP contribution in [-0.2, 0) is 22.7 Å². The fourth-order valence-electron chi connectivity index (χ4n) is 3.83. The molecule has 4 rings (SSSR count). The molecule has 2 aliphatic heterocycles. The van der Waals surface area contributed by atoms with E-state index in [4.69, 9.17) is 0 Å². The number of anilines is 1. The number of hydrogen-bond acceptors (Lipinski definition) is 4. The fraction of sp³-hybridized carbons (Fsp3) is 0.273. The zero-order chi connectivity index (χ0) is 21.3. The molecular weight excluding hydrogens is 384 g/mol. The van der Waals surface area contributed by atoms with Crippen molar-refractivity contribution in [3.8, 4) is 0 Å². The Morgan fingerprint density at radius 2 is 2.00 bits per heavy atom. The van der Waals surface area contributed by atoms with Crippen molar-refractivity contribution < 1.29 is 19.2 Å². The van der Waals surface area contributed by atoms with Crippen LogP contribution in [0.1, 0.15) is 39.9 Å². The number of carbonyl (C=O) groups is 4. The van der Waals surface area contributed by atoms with Crippen molar-refractivity contribution in [1.29, 1.82) is 0 Å². The minimum Gasteiger partial charge on any atom is -0.334 e. The van der Waals surface area contributed by atoms with Crippen LogP contribution in [0.3, 0.4) is 0 Å². The summed E-state index contributed by atoms with van der Waals surface area (Å²) in [4.78, 5) is 49.9. The summed E-state index contributed by atoms with van der Waals surface area (Å²) in [7, 11) is 0. The minimum absolute atomic E-state index is 0.213. The standard InChI is InChI=1S/C22H22N4O4/c1-13-3-2-4-14(9-13)11-23-22(30)24-16-5-6-17-15(10-16)12-26(21(17)29)18-7-8-19(27)25-20(18)28/h2-6,9-10,18H,7-8,11-12H2,1H3,(H2,23,24,30)(H,25,27,28). The van der Waals surface area contributed by atoms with Crippen LogP contribution in [0.4, 0.5) is 10.5 Å². The molecule has 8 heteroatoms. The molecule has 2 aliphatic rings. The van der Waals surface area contributed by atoms with Gasteiger partial charge >= 0.3 is 6.03 Å². The van der Waals surface area contributed by atoms with Gasteiger partial charge in [-0.15, -0.1) is 0 Å². The number of imide groups is 1. The molecule has 1 unspecified atom stereocenters. The number of amides is 5. The number of benzene rings is 2. The zero-order valence-electron chi connectivity index (χ0n) is 16.5. The third-order valence-corrected chi connectivity index (χ3v) is 5.32. The average Bonchev–Trinajstić information content (AvgIpc) is 3.02. The largest absolute Gasteiger partial charge is 0.334 e. The van der Waals surface area contributed by atoms with Gasteiger partial charge in [0, 0.05) is 30.8 Å². The van der Waals surface area contributed by atoms with Crippen molar-refractivity contribution >= 4 is 29.4 Å². The van der Waals surface area contributed by atoms with Gasteiger partial charge in [-0.05, 0) is 42.7 Å². The second kappa shape index (κ2) is 7.98. The first kappa shape index (κ1) is 19.6. The topological polar surface area (TPSA) is 108 Å². The smallest absolute Gasteiger partial charge is 0.319 e. The van der Waals surface area contributed by atoms with Crippen LogP contribution in [0.2, 0.25) is 0 Å². The van der Waals surface area contributed by atoms with Gasteiger partial charge in [0.05, 0.1) is 0 Å². The molecule has 1 fully saturated rings. The van der Waals surface area contributed by atoms with Gasteiger partial charge in [-0.25, -0.2) is 4.79 Å². The lowest BCUT2D eigenvalue weighted by atomic mass is 10.0. The summed E-state index contributed by atoms with van der Waals surface area (Å²) in [6.45, 7) is 2.66. The third-order valence-electron chi connectivity index (χ3n) is 5.32. The first-order valence-corrected chi connectivity index (χ1v) is 9.79. The maximum absolute atomic E-state index is 12.7. The number of urea groups is 1. The van der Waals surface area contributed by atoms with E-state index >= 15 is 0 Å². The quantitative estimate of drug-likeness (QED) is 0.676. The van der Waals surface area contributed by atoms with Gasteiger partial charge in [0.2, 0.25) is 11.8 Å². The van der Waals surface area contributed by atoms with E-state index in [-0.39, 0.29) is 30.8 Å². The minimum atomic E-state index is -0.656. The van der Waals surface area contributed by atoms with Crippen LogP contribution >= 0.6 is 0 Å². The Bertz CT molecular complexity index is 1050. The Kier molecular flexibility index (Phi) is 5.22. The molecule has 0 saturated carbocycles. The van der Waals surface area contributed by atoms with Crippen molar-refractivity contribution in [2.24, 2.45) is 0 Å². The number of rotatable bonds is 4. The molecule has 0 aromatic heterocycles. The number of carbonyl (C=O) groups excluding carboxylic acids is 4. The van der Waals surface area contributed by atoms with Crippen LogP contribution in [0, 0.1) is 6.92 Å². The monoisotopic (exact) mass is 406 g/mol. The second-order valence-corrected chi connectivity index (χ2v) is 7.57. The lowest BCUT2D eigenvalue weighted by Gasteiger charge is -2.29. The molecule has 1 atom stereocenters. The Morgan fingerprint density at radius 1 is 1.17 bits per heavy atom. The first-order valence-electron chi connectivity index (χ1n) is 9.79. The lowest BCUT2D eigenvalue weighted by molar-refractivity contribution is -0.136. The van der Waals surface area contributed by atoms with Crippen molar-refractivity contribution in [2.75, 3.05) is 5.32 Å². The summed E-state index contributed by atoms with van der Waals surface area (Å²) in [5.74, 6) is -1.00. The van der Waals surface area contributed by atoms with E-state index in [9.17, 15) is 19.2 Å². The number of nitrogens with zero attached hydrogens (tertiary/aromatic N) is 1. The van der Waals surface area contributed by atoms with Gasteiger partial charge in [0.1, 0.15) is 6.04 Å². The van der Waals surface area contributed by atoms with Crippen molar-refractivity contribution in [3.05, 3.63) is 64.7 Å². The van der Waals surface area contributed by atoms with Gasteiger partial charge in [-0.2, -0.15) is 0 Å². The Morgan fingerprint density at radius 3 is 2.77 bits per heavy atom. The average molecular weight is 406 g/mol. The molecule has 1 saturated heterocycles. The van der Waals surface area contributed by atoms with E-state index in [0.29, 0.717) is 24.2 Å². The molecule has 8 nitrogen and oxygen atoms in total. The van der Waals surface area contributed by atoms with Crippen molar-refractivity contribution in [1.82, 2.24) is 15.5 Å². The van der Waals surface area contributed by atoms with Gasteiger partial charge in [-0.1, -0.05) is 29.8 Å². The fourth-order valence-corrected chi connectivity index (χ4v) is 3.83. The summed E-state index contributed by atoms with van der Waals surface area (Å²) in [5.41, 5.74) is 3.93. The van der Waals surface area contributed by atoms with Crippen LogP contribution in [-0.4, -0.2) is 34.7 Å². The number of hydrogen-bond donors (Lipinski definition) is 3. The summed E-state index contributed by atoms with van der Waals surface area (Å²) >= 11 is 0. The predicted molar refractivity (Wildman–Crippen MR) is 110 cm³/mol. The molecule has 154 valence electrons. The highest BCUT2D eigenvalue weighted by molar-refractivity contribution is 6.05. The summed E-state index contributed by atoms with van der Waals surface area (Å²) in [5, 5.41) is 7.87. The second-order valence-electron chi connectivity index (χ2n) is 7.57. The van der Waals surface area contributed by atoms with E-state index in [1.54, 1.807) is 18.2 Å². The van der Waals surface area contributed by atoms with E-state index in [1.807, 2.05) is 31.2 Å². The van der Waals surface area contributed by atoms with Crippen molar-refractivity contribution in [3.63, 3.8) is 0 Å². The maximum Gasteiger partial charge on any atom is 0.319 e. The van der Waals surface area contributed by atoms with Crippen LogP contribution < -0.4 is 16.0 Å². The predicted octanol–water partition coefficient (Wildman–Crippen LogP) is 2.08. The number of nitrogens with one attached hydrogen (secondary N) is 3. The number of piperidine rings is 1. The molecular formula is C22H22N4O4. The molecule has 0 bridgehead atoms.